The van der Waals surface area contributed by atoms with E-state index in [1.54, 1.807) is 16.0 Å². The van der Waals surface area contributed by atoms with E-state index in [4.69, 9.17) is 5.10 Å². The van der Waals surface area contributed by atoms with E-state index in [2.05, 4.69) is 38.0 Å². The largest absolute Gasteiger partial charge is 0.350 e. The van der Waals surface area contributed by atoms with Gasteiger partial charge in [0, 0.05) is 41.8 Å². The zero-order chi connectivity index (χ0) is 18.3. The maximum Gasteiger partial charge on any atom is 0.255 e. The van der Waals surface area contributed by atoms with Gasteiger partial charge in [-0.25, -0.2) is 0 Å². The fourth-order valence-electron chi connectivity index (χ4n) is 3.34. The van der Waals surface area contributed by atoms with Gasteiger partial charge in [0.25, 0.3) is 5.91 Å². The Morgan fingerprint density at radius 2 is 2.15 bits per heavy atom. The summed E-state index contributed by atoms with van der Waals surface area (Å²) in [7, 11) is 1.86. The first-order valence-corrected chi connectivity index (χ1v) is 9.87. The molecule has 1 aliphatic rings. The predicted octanol–water partition coefficient (Wildman–Crippen LogP) is 3.27. The van der Waals surface area contributed by atoms with Crippen molar-refractivity contribution in [1.82, 2.24) is 24.9 Å². The van der Waals surface area contributed by atoms with Gasteiger partial charge in [-0.15, -0.1) is 0 Å². The number of nitrogens with one attached hydrogen (secondary N) is 1. The number of rotatable bonds is 6. The molecule has 0 bridgehead atoms. The fourth-order valence-corrected chi connectivity index (χ4v) is 3.98. The highest BCUT2D eigenvalue weighted by Gasteiger charge is 2.28. The van der Waals surface area contributed by atoms with Gasteiger partial charge in [-0.1, -0.05) is 0 Å². The first kappa shape index (κ1) is 17.0. The molecule has 1 amide bonds. The van der Waals surface area contributed by atoms with Crippen molar-refractivity contribution in [1.29, 1.82) is 0 Å². The van der Waals surface area contributed by atoms with E-state index in [9.17, 15) is 4.79 Å². The molecule has 7 heteroatoms. The summed E-state index contributed by atoms with van der Waals surface area (Å²) in [5.74, 6) is 0.555. The number of amides is 1. The van der Waals surface area contributed by atoms with E-state index in [-0.39, 0.29) is 5.91 Å². The summed E-state index contributed by atoms with van der Waals surface area (Å²) >= 11 is 1.68. The Morgan fingerprint density at radius 1 is 1.35 bits per heavy atom. The average molecular weight is 369 g/mol. The molecule has 1 aliphatic carbocycles. The predicted molar refractivity (Wildman–Crippen MR) is 103 cm³/mol. The molecule has 26 heavy (non-hydrogen) atoms. The SMILES string of the molecule is Cc1nn(C)c(C)c1C(=O)NCCn1nc(-c2ccsc2)cc1C1CC1. The molecular formula is C19H23N5OS. The van der Waals surface area contributed by atoms with Gasteiger partial charge in [0.05, 0.1) is 23.5 Å². The van der Waals surface area contributed by atoms with Crippen LogP contribution < -0.4 is 5.32 Å². The van der Waals surface area contributed by atoms with Crippen LogP contribution >= 0.6 is 11.3 Å². The smallest absolute Gasteiger partial charge is 0.255 e. The molecule has 1 fully saturated rings. The monoisotopic (exact) mass is 369 g/mol. The summed E-state index contributed by atoms with van der Waals surface area (Å²) in [5.41, 5.74) is 5.81. The molecule has 0 spiro atoms. The molecule has 1 saturated carbocycles. The summed E-state index contributed by atoms with van der Waals surface area (Å²) in [6.45, 7) is 5.02. The van der Waals surface area contributed by atoms with Crippen LogP contribution in [0.2, 0.25) is 0 Å². The van der Waals surface area contributed by atoms with Gasteiger partial charge in [0.2, 0.25) is 0 Å². The number of aryl methyl sites for hydroxylation is 2. The van der Waals surface area contributed by atoms with Crippen LogP contribution in [-0.4, -0.2) is 32.0 Å². The highest BCUT2D eigenvalue weighted by molar-refractivity contribution is 7.08. The molecule has 0 aromatic carbocycles. The van der Waals surface area contributed by atoms with Crippen molar-refractivity contribution in [3.63, 3.8) is 0 Å². The number of aromatic nitrogens is 4. The van der Waals surface area contributed by atoms with Crippen LogP contribution in [0.25, 0.3) is 11.3 Å². The Morgan fingerprint density at radius 3 is 2.77 bits per heavy atom. The molecule has 1 N–H and O–H groups in total. The topological polar surface area (TPSA) is 64.7 Å². The Labute approximate surface area is 156 Å². The zero-order valence-electron chi connectivity index (χ0n) is 15.3. The van der Waals surface area contributed by atoms with Gasteiger partial charge in [-0.3, -0.25) is 14.2 Å². The summed E-state index contributed by atoms with van der Waals surface area (Å²) in [6, 6.07) is 4.31. The standard InChI is InChI=1S/C19H23N5OS/c1-12-18(13(2)23(3)21-12)19(25)20-7-8-24-17(14-4-5-14)10-16(22-24)15-6-9-26-11-15/h6,9-11,14H,4-5,7-8H2,1-3H3,(H,20,25). The summed E-state index contributed by atoms with van der Waals surface area (Å²) in [5, 5.41) is 16.3. The lowest BCUT2D eigenvalue weighted by Gasteiger charge is -2.08. The zero-order valence-corrected chi connectivity index (χ0v) is 16.1. The lowest BCUT2D eigenvalue weighted by atomic mass is 10.2. The maximum absolute atomic E-state index is 12.5. The van der Waals surface area contributed by atoms with Crippen molar-refractivity contribution >= 4 is 17.2 Å². The summed E-state index contributed by atoms with van der Waals surface area (Å²) < 4.78 is 3.81. The minimum Gasteiger partial charge on any atom is -0.350 e. The molecule has 0 aliphatic heterocycles. The van der Waals surface area contributed by atoms with Crippen LogP contribution in [0.5, 0.6) is 0 Å². The Bertz CT molecular complexity index is 934. The van der Waals surface area contributed by atoms with Crippen molar-refractivity contribution < 1.29 is 4.79 Å². The lowest BCUT2D eigenvalue weighted by Crippen LogP contribution is -2.28. The van der Waals surface area contributed by atoms with Gasteiger partial charge in [0.1, 0.15) is 0 Å². The molecule has 3 aromatic rings. The lowest BCUT2D eigenvalue weighted by molar-refractivity contribution is 0.0950. The number of hydrogen-bond acceptors (Lipinski definition) is 4. The van der Waals surface area contributed by atoms with Gasteiger partial charge < -0.3 is 5.32 Å². The van der Waals surface area contributed by atoms with Crippen molar-refractivity contribution in [3.05, 3.63) is 45.5 Å². The van der Waals surface area contributed by atoms with Crippen LogP contribution in [0.15, 0.2) is 22.9 Å². The highest BCUT2D eigenvalue weighted by Crippen LogP contribution is 2.41. The van der Waals surface area contributed by atoms with Crippen LogP contribution in [-0.2, 0) is 13.6 Å². The minimum absolute atomic E-state index is 0.0636. The minimum atomic E-state index is -0.0636. The Kier molecular flexibility index (Phi) is 4.40. The van der Waals surface area contributed by atoms with E-state index in [1.807, 2.05) is 20.9 Å². The molecule has 0 unspecified atom stereocenters. The number of carbonyl (C=O) groups is 1. The van der Waals surface area contributed by atoms with E-state index in [1.165, 1.54) is 24.1 Å². The molecule has 0 saturated heterocycles. The summed E-state index contributed by atoms with van der Waals surface area (Å²) in [6.07, 6.45) is 2.46. The van der Waals surface area contributed by atoms with Gasteiger partial charge in [-0.2, -0.15) is 21.5 Å². The van der Waals surface area contributed by atoms with Crippen LogP contribution in [0.4, 0.5) is 0 Å². The van der Waals surface area contributed by atoms with Crippen molar-refractivity contribution in [3.8, 4) is 11.3 Å². The first-order chi connectivity index (χ1) is 12.5. The highest BCUT2D eigenvalue weighted by atomic mass is 32.1. The van der Waals surface area contributed by atoms with E-state index in [0.29, 0.717) is 24.6 Å². The van der Waals surface area contributed by atoms with Crippen molar-refractivity contribution in [2.45, 2.75) is 39.2 Å². The molecule has 4 rings (SSSR count). The van der Waals surface area contributed by atoms with Crippen LogP contribution in [0, 0.1) is 13.8 Å². The molecule has 6 nitrogen and oxygen atoms in total. The third-order valence-electron chi connectivity index (χ3n) is 4.97. The van der Waals surface area contributed by atoms with Gasteiger partial charge >= 0.3 is 0 Å². The first-order valence-electron chi connectivity index (χ1n) is 8.93. The number of carbonyl (C=O) groups excluding carboxylic acids is 1. The number of thiophene rings is 1. The second-order valence-electron chi connectivity index (χ2n) is 6.89. The molecular weight excluding hydrogens is 346 g/mol. The van der Waals surface area contributed by atoms with Crippen LogP contribution in [0.1, 0.15) is 46.2 Å². The Hall–Kier alpha value is -2.41. The third-order valence-corrected chi connectivity index (χ3v) is 5.65. The number of hydrogen-bond donors (Lipinski definition) is 1. The van der Waals surface area contributed by atoms with Crippen molar-refractivity contribution in [2.24, 2.45) is 7.05 Å². The Balaban J connectivity index is 1.45. The molecule has 0 radical (unpaired) electrons. The van der Waals surface area contributed by atoms with E-state index in [0.717, 1.165) is 17.1 Å². The molecule has 3 heterocycles. The number of nitrogens with zero attached hydrogens (tertiary/aromatic N) is 4. The fraction of sp³-hybridized carbons (Fsp3) is 0.421. The second kappa shape index (κ2) is 6.72. The van der Waals surface area contributed by atoms with Gasteiger partial charge in [0.15, 0.2) is 0 Å². The normalized spacial score (nSPS) is 14.0. The van der Waals surface area contributed by atoms with Gasteiger partial charge in [-0.05, 0) is 44.2 Å². The van der Waals surface area contributed by atoms with E-state index < -0.39 is 0 Å². The second-order valence-corrected chi connectivity index (χ2v) is 7.67. The molecule has 3 aromatic heterocycles. The third kappa shape index (κ3) is 3.19. The van der Waals surface area contributed by atoms with Crippen LogP contribution in [0.3, 0.4) is 0 Å². The molecule has 136 valence electrons. The maximum atomic E-state index is 12.5. The summed E-state index contributed by atoms with van der Waals surface area (Å²) in [4.78, 5) is 12.5. The quantitative estimate of drug-likeness (QED) is 0.725. The van der Waals surface area contributed by atoms with E-state index >= 15 is 0 Å². The molecule has 0 atom stereocenters. The van der Waals surface area contributed by atoms with Crippen molar-refractivity contribution in [2.75, 3.05) is 6.54 Å². The average Bonchev–Trinajstić information content (AvgIpc) is 3.03.